The Hall–Kier alpha value is -1.77. The molecule has 3 nitrogen and oxygen atoms in total. The first kappa shape index (κ1) is 8.81. The number of rotatable bonds is 0. The third-order valence-corrected chi connectivity index (χ3v) is 2.38. The monoisotopic (exact) mass is 189 g/mol. The Morgan fingerprint density at radius 3 is 2.50 bits per heavy atom. The molecule has 2 aromatic rings. The van der Waals surface area contributed by atoms with E-state index in [1.54, 1.807) is 6.07 Å². The maximum atomic E-state index is 11.1. The van der Waals surface area contributed by atoms with Crippen LogP contribution in [0.5, 0.6) is 0 Å². The lowest BCUT2D eigenvalue weighted by molar-refractivity contribution is 0.564. The first-order chi connectivity index (χ1) is 6.58. The molecule has 0 amide bonds. The van der Waals surface area contributed by atoms with Crippen LogP contribution in [0.25, 0.3) is 11.0 Å². The summed E-state index contributed by atoms with van der Waals surface area (Å²) in [5.41, 5.74) is 8.00. The van der Waals surface area contributed by atoms with Crippen molar-refractivity contribution in [2.75, 3.05) is 5.73 Å². The van der Waals surface area contributed by atoms with Gasteiger partial charge in [0, 0.05) is 5.39 Å². The van der Waals surface area contributed by atoms with Gasteiger partial charge in [0.2, 0.25) is 0 Å². The Balaban J connectivity index is 2.90. The van der Waals surface area contributed by atoms with E-state index in [0.717, 1.165) is 16.5 Å². The van der Waals surface area contributed by atoms with E-state index in [1.807, 2.05) is 26.0 Å². The zero-order valence-electron chi connectivity index (χ0n) is 8.13. The van der Waals surface area contributed by atoms with Crippen LogP contribution in [-0.2, 0) is 0 Å². The van der Waals surface area contributed by atoms with Crippen molar-refractivity contribution < 1.29 is 4.42 Å². The van der Waals surface area contributed by atoms with Gasteiger partial charge in [-0.15, -0.1) is 0 Å². The molecule has 0 fully saturated rings. The highest BCUT2D eigenvalue weighted by atomic mass is 16.4. The zero-order chi connectivity index (χ0) is 10.3. The standard InChI is InChI=1S/C11H11NO2/c1-6-3-8-5-9(12)11(13)14-10(8)4-7(6)2/h3-5H,12H2,1-2H3. The summed E-state index contributed by atoms with van der Waals surface area (Å²) in [5, 5.41) is 0.866. The fraction of sp³-hybridized carbons (Fsp3) is 0.182. The highest BCUT2D eigenvalue weighted by molar-refractivity contribution is 5.80. The smallest absolute Gasteiger partial charge is 0.359 e. The summed E-state index contributed by atoms with van der Waals surface area (Å²) in [4.78, 5) is 11.1. The van der Waals surface area contributed by atoms with Crippen LogP contribution in [0.1, 0.15) is 11.1 Å². The average molecular weight is 189 g/mol. The predicted octanol–water partition coefficient (Wildman–Crippen LogP) is 1.99. The SMILES string of the molecule is Cc1cc2cc(N)c(=O)oc2cc1C. The Morgan fingerprint density at radius 2 is 1.79 bits per heavy atom. The summed E-state index contributed by atoms with van der Waals surface area (Å²) >= 11 is 0. The van der Waals surface area contributed by atoms with Crippen LogP contribution in [0, 0.1) is 13.8 Å². The van der Waals surface area contributed by atoms with E-state index in [2.05, 4.69) is 0 Å². The number of nitrogen functional groups attached to an aromatic ring is 1. The van der Waals surface area contributed by atoms with Gasteiger partial charge in [0.05, 0.1) is 0 Å². The van der Waals surface area contributed by atoms with E-state index < -0.39 is 5.63 Å². The van der Waals surface area contributed by atoms with Crippen molar-refractivity contribution >= 4 is 16.7 Å². The van der Waals surface area contributed by atoms with Gasteiger partial charge in [-0.25, -0.2) is 4.79 Å². The highest BCUT2D eigenvalue weighted by Gasteiger charge is 2.03. The fourth-order valence-corrected chi connectivity index (χ4v) is 1.40. The van der Waals surface area contributed by atoms with Crippen molar-refractivity contribution in [3.8, 4) is 0 Å². The predicted molar refractivity (Wildman–Crippen MR) is 56.4 cm³/mol. The van der Waals surface area contributed by atoms with Gasteiger partial charge >= 0.3 is 5.63 Å². The molecule has 2 rings (SSSR count). The van der Waals surface area contributed by atoms with E-state index >= 15 is 0 Å². The molecule has 1 heterocycles. The topological polar surface area (TPSA) is 56.2 Å². The van der Waals surface area contributed by atoms with Gasteiger partial charge in [0.1, 0.15) is 11.3 Å². The van der Waals surface area contributed by atoms with Crippen LogP contribution < -0.4 is 11.4 Å². The lowest BCUT2D eigenvalue weighted by atomic mass is 10.1. The van der Waals surface area contributed by atoms with Gasteiger partial charge in [-0.05, 0) is 43.2 Å². The van der Waals surface area contributed by atoms with Crippen molar-refractivity contribution in [2.45, 2.75) is 13.8 Å². The third kappa shape index (κ3) is 1.27. The molecular formula is C11H11NO2. The van der Waals surface area contributed by atoms with Crippen LogP contribution in [0.4, 0.5) is 5.69 Å². The molecule has 0 atom stereocenters. The van der Waals surface area contributed by atoms with Gasteiger partial charge in [0.15, 0.2) is 0 Å². The quantitative estimate of drug-likeness (QED) is 0.645. The number of hydrogen-bond acceptors (Lipinski definition) is 3. The Kier molecular flexibility index (Phi) is 1.81. The minimum Gasteiger partial charge on any atom is -0.421 e. The molecule has 14 heavy (non-hydrogen) atoms. The Bertz CT molecular complexity index is 555. The normalized spacial score (nSPS) is 10.7. The molecule has 0 saturated carbocycles. The van der Waals surface area contributed by atoms with Gasteiger partial charge in [0.25, 0.3) is 0 Å². The lowest BCUT2D eigenvalue weighted by Crippen LogP contribution is -2.05. The minimum absolute atomic E-state index is 0.153. The number of aryl methyl sites for hydroxylation is 2. The molecule has 3 heteroatoms. The minimum atomic E-state index is -0.472. The van der Waals surface area contributed by atoms with Crippen molar-refractivity contribution in [3.05, 3.63) is 39.7 Å². The van der Waals surface area contributed by atoms with E-state index in [1.165, 1.54) is 0 Å². The number of nitrogens with two attached hydrogens (primary N) is 1. The van der Waals surface area contributed by atoms with E-state index in [4.69, 9.17) is 10.2 Å². The first-order valence-corrected chi connectivity index (χ1v) is 4.38. The number of benzene rings is 1. The number of fused-ring (bicyclic) bond motifs is 1. The summed E-state index contributed by atoms with van der Waals surface area (Å²) < 4.78 is 5.05. The highest BCUT2D eigenvalue weighted by Crippen LogP contribution is 2.19. The van der Waals surface area contributed by atoms with E-state index in [9.17, 15) is 4.79 Å². The molecule has 0 radical (unpaired) electrons. The van der Waals surface area contributed by atoms with Crippen molar-refractivity contribution in [1.82, 2.24) is 0 Å². The molecule has 1 aromatic heterocycles. The maximum Gasteiger partial charge on any atom is 0.359 e. The summed E-state index contributed by atoms with van der Waals surface area (Å²) in [5.74, 6) is 0. The maximum absolute atomic E-state index is 11.1. The molecule has 2 N–H and O–H groups in total. The first-order valence-electron chi connectivity index (χ1n) is 4.38. The molecule has 0 bridgehead atoms. The van der Waals surface area contributed by atoms with E-state index in [0.29, 0.717) is 5.58 Å². The van der Waals surface area contributed by atoms with Crippen molar-refractivity contribution in [2.24, 2.45) is 0 Å². The fourth-order valence-electron chi connectivity index (χ4n) is 1.40. The number of hydrogen-bond donors (Lipinski definition) is 1. The molecule has 0 aliphatic rings. The summed E-state index contributed by atoms with van der Waals surface area (Å²) in [7, 11) is 0. The molecule has 1 aromatic carbocycles. The summed E-state index contributed by atoms with van der Waals surface area (Å²) in [6.07, 6.45) is 0. The Labute approximate surface area is 81.1 Å². The second-order valence-electron chi connectivity index (χ2n) is 3.46. The zero-order valence-corrected chi connectivity index (χ0v) is 8.13. The van der Waals surface area contributed by atoms with Crippen LogP contribution in [-0.4, -0.2) is 0 Å². The molecular weight excluding hydrogens is 178 g/mol. The molecule has 0 aliphatic heterocycles. The summed E-state index contributed by atoms with van der Waals surface area (Å²) in [6, 6.07) is 5.46. The lowest BCUT2D eigenvalue weighted by Gasteiger charge is -2.02. The van der Waals surface area contributed by atoms with E-state index in [-0.39, 0.29) is 5.69 Å². The third-order valence-electron chi connectivity index (χ3n) is 2.38. The average Bonchev–Trinajstić information content (AvgIpc) is 2.11. The van der Waals surface area contributed by atoms with Crippen molar-refractivity contribution in [3.63, 3.8) is 0 Å². The van der Waals surface area contributed by atoms with Crippen LogP contribution in [0.2, 0.25) is 0 Å². The summed E-state index contributed by atoms with van der Waals surface area (Å²) in [6.45, 7) is 3.99. The van der Waals surface area contributed by atoms with Crippen LogP contribution in [0.15, 0.2) is 27.4 Å². The van der Waals surface area contributed by atoms with Crippen LogP contribution in [0.3, 0.4) is 0 Å². The van der Waals surface area contributed by atoms with Crippen molar-refractivity contribution in [1.29, 1.82) is 0 Å². The van der Waals surface area contributed by atoms with Gasteiger partial charge in [-0.3, -0.25) is 0 Å². The van der Waals surface area contributed by atoms with Gasteiger partial charge < -0.3 is 10.2 Å². The molecule has 0 spiro atoms. The molecule has 72 valence electrons. The van der Waals surface area contributed by atoms with Crippen LogP contribution >= 0.6 is 0 Å². The second-order valence-corrected chi connectivity index (χ2v) is 3.46. The van der Waals surface area contributed by atoms with Gasteiger partial charge in [-0.2, -0.15) is 0 Å². The molecule has 0 aliphatic carbocycles. The largest absolute Gasteiger partial charge is 0.421 e. The second kappa shape index (κ2) is 2.87. The molecule has 0 unspecified atom stereocenters. The van der Waals surface area contributed by atoms with Gasteiger partial charge in [-0.1, -0.05) is 0 Å². The Morgan fingerprint density at radius 1 is 1.14 bits per heavy atom. The molecule has 0 saturated heterocycles. The number of anilines is 1.